The van der Waals surface area contributed by atoms with Gasteiger partial charge in [0.05, 0.1) is 52.2 Å². The topological polar surface area (TPSA) is 225 Å². The van der Waals surface area contributed by atoms with Gasteiger partial charge in [-0.15, -0.1) is 0 Å². The molecule has 0 aliphatic heterocycles. The summed E-state index contributed by atoms with van der Waals surface area (Å²) in [5.41, 5.74) is -2.76. The highest BCUT2D eigenvalue weighted by Gasteiger charge is 2.61. The first-order chi connectivity index (χ1) is 22.4. The Morgan fingerprint density at radius 2 is 1.70 bits per heavy atom. The van der Waals surface area contributed by atoms with Crippen LogP contribution in [0.25, 0.3) is 10.8 Å². The number of aromatic nitrogens is 2. The minimum absolute atomic E-state index is 0.0751. The summed E-state index contributed by atoms with van der Waals surface area (Å²) in [5, 5.41) is 37.6. The molecule has 3 aliphatic rings. The molecular formula is C32H19BrN4O10. The van der Waals surface area contributed by atoms with E-state index in [2.05, 4.69) is 36.4 Å². The highest BCUT2D eigenvalue weighted by Crippen LogP contribution is 2.57. The van der Waals surface area contributed by atoms with Crippen LogP contribution < -0.4 is 11.0 Å². The van der Waals surface area contributed by atoms with Crippen LogP contribution in [-0.2, 0) is 16.6 Å². The first-order valence-corrected chi connectivity index (χ1v) is 14.6. The molecule has 5 N–H and O–H groups in total. The Morgan fingerprint density at radius 1 is 1.00 bits per heavy atom. The molecule has 0 saturated carbocycles. The third-order valence-corrected chi connectivity index (χ3v) is 9.03. The highest BCUT2D eigenvalue weighted by atomic mass is 79.9. The number of phenolic OH excluding ortho intramolecular Hbond substituents is 3. The van der Waals surface area contributed by atoms with E-state index in [1.807, 2.05) is 0 Å². The van der Waals surface area contributed by atoms with Crippen LogP contribution in [0.5, 0.6) is 17.2 Å². The molecule has 2 aromatic carbocycles. The van der Waals surface area contributed by atoms with Crippen molar-refractivity contribution in [2.45, 2.75) is 18.3 Å². The Kier molecular flexibility index (Phi) is 6.50. The maximum absolute atomic E-state index is 14.1. The minimum Gasteiger partial charge on any atom is -0.507 e. The summed E-state index contributed by atoms with van der Waals surface area (Å²) in [6.45, 7) is 0. The van der Waals surface area contributed by atoms with Crippen molar-refractivity contribution in [2.24, 2.45) is 5.10 Å². The molecule has 0 bridgehead atoms. The second-order valence-electron chi connectivity index (χ2n) is 11.0. The molecule has 0 unspecified atom stereocenters. The van der Waals surface area contributed by atoms with E-state index in [0.29, 0.717) is 10.0 Å². The van der Waals surface area contributed by atoms with Crippen molar-refractivity contribution in [3.63, 3.8) is 0 Å². The number of H-pyrrole nitrogens is 1. The number of amides is 1. The van der Waals surface area contributed by atoms with Gasteiger partial charge in [0.15, 0.2) is 23.1 Å². The largest absolute Gasteiger partial charge is 0.507 e. The lowest BCUT2D eigenvalue weighted by atomic mass is 9.76. The van der Waals surface area contributed by atoms with Crippen LogP contribution in [-0.4, -0.2) is 67.7 Å². The van der Waals surface area contributed by atoms with Crippen LogP contribution in [0.1, 0.15) is 75.0 Å². The molecular weight excluding hydrogens is 680 g/mol. The third kappa shape index (κ3) is 4.02. The quantitative estimate of drug-likeness (QED) is 0.0901. The lowest BCUT2D eigenvalue weighted by Gasteiger charge is -2.22. The number of benzene rings is 2. The highest BCUT2D eigenvalue weighted by molar-refractivity contribution is 9.10. The Morgan fingerprint density at radius 3 is 2.38 bits per heavy atom. The van der Waals surface area contributed by atoms with Crippen molar-refractivity contribution in [2.75, 3.05) is 7.11 Å². The van der Waals surface area contributed by atoms with E-state index in [1.165, 1.54) is 36.8 Å². The van der Waals surface area contributed by atoms with E-state index in [1.54, 1.807) is 0 Å². The van der Waals surface area contributed by atoms with Gasteiger partial charge >= 0.3 is 0 Å². The van der Waals surface area contributed by atoms with Gasteiger partial charge in [0, 0.05) is 28.5 Å². The fraction of sp³-hybridized carbons (Fsp3) is 0.125. The van der Waals surface area contributed by atoms with Gasteiger partial charge in [0.2, 0.25) is 5.78 Å². The number of methoxy groups -OCH3 is 1. The van der Waals surface area contributed by atoms with Gasteiger partial charge in [0.1, 0.15) is 22.7 Å². The third-order valence-electron chi connectivity index (χ3n) is 8.60. The van der Waals surface area contributed by atoms with Gasteiger partial charge in [-0.2, -0.15) is 5.10 Å². The van der Waals surface area contributed by atoms with Crippen LogP contribution in [0.3, 0.4) is 0 Å². The van der Waals surface area contributed by atoms with E-state index >= 15 is 0 Å². The molecule has 2 aromatic heterocycles. The fourth-order valence-corrected chi connectivity index (χ4v) is 6.95. The Labute approximate surface area is 270 Å². The number of rotatable bonds is 4. The first-order valence-electron chi connectivity index (χ1n) is 13.8. The number of halogens is 1. The van der Waals surface area contributed by atoms with E-state index in [-0.39, 0.29) is 40.4 Å². The van der Waals surface area contributed by atoms with E-state index in [0.717, 1.165) is 13.2 Å². The number of fused-ring (bicyclic) bond motifs is 5. The van der Waals surface area contributed by atoms with Gasteiger partial charge in [-0.25, -0.2) is 5.43 Å². The Balaban J connectivity index is 1.30. The van der Waals surface area contributed by atoms with Gasteiger partial charge in [-0.1, -0.05) is 6.07 Å². The average molecular weight is 699 g/mol. The predicted octanol–water partition coefficient (Wildman–Crippen LogP) is 2.74. The number of carbonyl (C=O) groups is 5. The SMILES string of the molecule is COC1=CC(=O)c2c(O)c3c(c(O)c2C1=O)C(=O)[C@]1(CCc2cc4cc(/C=N/NC(=O)c5cncc(Br)c5)[nH]c(=O)c4c(O)c21)C3=O. The molecule has 14 nitrogen and oxygen atoms in total. The molecule has 47 heavy (non-hydrogen) atoms. The smallest absolute Gasteiger partial charge is 0.272 e. The standard InChI is InChI=1S/C32H19BrN4O10/c1-47-17-7-16(38)19-20(24(17)39)26(41)22-21(25(19)40)28(43)32(29(22)44)3-2-11-4-12-6-15(36-31(46)18(12)27(42)23(11)32)10-35-37-30(45)13-5-14(33)9-34-8-13/h4-10,40-42H,2-3H2,1H3,(H,36,46)(H,37,45)/b35-10+/t32-/m0/s1. The molecule has 0 fully saturated rings. The van der Waals surface area contributed by atoms with Gasteiger partial charge < -0.3 is 25.0 Å². The van der Waals surface area contributed by atoms with Crippen molar-refractivity contribution < 1.29 is 44.0 Å². The number of allylic oxidation sites excluding steroid dienone is 2. The summed E-state index contributed by atoms with van der Waals surface area (Å²) in [7, 11) is 1.12. The number of hydrogen-bond donors (Lipinski definition) is 5. The predicted molar refractivity (Wildman–Crippen MR) is 165 cm³/mol. The fourth-order valence-electron chi connectivity index (χ4n) is 6.59. The summed E-state index contributed by atoms with van der Waals surface area (Å²) in [5.74, 6) is -7.50. The van der Waals surface area contributed by atoms with Crippen molar-refractivity contribution in [1.82, 2.24) is 15.4 Å². The number of phenols is 3. The van der Waals surface area contributed by atoms with E-state index < -0.39 is 85.3 Å². The molecule has 1 atom stereocenters. The maximum atomic E-state index is 14.1. The van der Waals surface area contributed by atoms with Crippen molar-refractivity contribution in [1.29, 1.82) is 0 Å². The molecule has 4 aromatic rings. The zero-order valence-corrected chi connectivity index (χ0v) is 25.5. The van der Waals surface area contributed by atoms with Crippen LogP contribution in [0, 0.1) is 0 Å². The van der Waals surface area contributed by atoms with Gasteiger partial charge in [-0.3, -0.25) is 33.8 Å². The van der Waals surface area contributed by atoms with Crippen molar-refractivity contribution in [3.05, 3.63) is 102 Å². The van der Waals surface area contributed by atoms with E-state index in [9.17, 15) is 44.1 Å². The number of nitrogens with one attached hydrogen (secondary N) is 2. The molecule has 7 rings (SSSR count). The van der Waals surface area contributed by atoms with Crippen LogP contribution in [0.15, 0.2) is 56.8 Å². The first kappa shape index (κ1) is 29.7. The number of hydrazone groups is 1. The number of aryl methyl sites for hydroxylation is 1. The number of ether oxygens (including phenoxy) is 1. The Bertz CT molecular complexity index is 2340. The maximum Gasteiger partial charge on any atom is 0.272 e. The van der Waals surface area contributed by atoms with Crippen molar-refractivity contribution >= 4 is 62.0 Å². The van der Waals surface area contributed by atoms with Crippen LogP contribution in [0.4, 0.5) is 0 Å². The molecule has 15 heteroatoms. The van der Waals surface area contributed by atoms with Crippen molar-refractivity contribution in [3.8, 4) is 17.2 Å². The molecule has 0 radical (unpaired) electrons. The van der Waals surface area contributed by atoms with E-state index in [4.69, 9.17) is 4.74 Å². The lowest BCUT2D eigenvalue weighted by Crippen LogP contribution is -2.36. The summed E-state index contributed by atoms with van der Waals surface area (Å²) in [6, 6.07) is 4.52. The monoisotopic (exact) mass is 698 g/mol. The number of hydrogen-bond acceptors (Lipinski definition) is 12. The van der Waals surface area contributed by atoms with Crippen LogP contribution in [0.2, 0.25) is 0 Å². The second kappa shape index (κ2) is 10.3. The number of aromatic amines is 1. The zero-order chi connectivity index (χ0) is 33.5. The number of Topliss-reactive ketones (excluding diaryl/α,β-unsaturated/α-hetero) is 3. The summed E-state index contributed by atoms with van der Waals surface area (Å²) < 4.78 is 5.50. The van der Waals surface area contributed by atoms with Crippen LogP contribution >= 0.6 is 15.9 Å². The number of carbonyl (C=O) groups excluding carboxylic acids is 5. The molecule has 3 aliphatic carbocycles. The zero-order valence-electron chi connectivity index (χ0n) is 23.9. The molecule has 0 saturated heterocycles. The number of aromatic hydroxyl groups is 3. The summed E-state index contributed by atoms with van der Waals surface area (Å²) in [6.07, 6.45) is 4.70. The summed E-state index contributed by atoms with van der Waals surface area (Å²) in [4.78, 5) is 86.1. The molecule has 234 valence electrons. The number of ketones is 4. The Hall–Kier alpha value is -5.96. The summed E-state index contributed by atoms with van der Waals surface area (Å²) >= 11 is 3.22. The number of pyridine rings is 2. The normalized spacial score (nSPS) is 18.1. The number of nitrogens with zero attached hydrogens (tertiary/aromatic N) is 2. The molecule has 1 amide bonds. The molecule has 1 spiro atoms. The lowest BCUT2D eigenvalue weighted by molar-refractivity contribution is 0.0790. The molecule has 2 heterocycles. The average Bonchev–Trinajstić information content (AvgIpc) is 3.52. The second-order valence-corrected chi connectivity index (χ2v) is 12.0. The van der Waals surface area contributed by atoms with Gasteiger partial charge in [0.25, 0.3) is 11.5 Å². The van der Waals surface area contributed by atoms with Gasteiger partial charge in [-0.05, 0) is 51.9 Å². The minimum atomic E-state index is -2.16.